The number of halogens is 1. The van der Waals surface area contributed by atoms with Crippen molar-refractivity contribution >= 4 is 0 Å². The summed E-state index contributed by atoms with van der Waals surface area (Å²) in [7, 11) is 1.68. The van der Waals surface area contributed by atoms with E-state index < -0.39 is 0 Å². The number of ether oxygens (including phenoxy) is 1. The Morgan fingerprint density at radius 3 is 2.65 bits per heavy atom. The molecule has 0 saturated heterocycles. The number of methoxy groups -OCH3 is 1. The molecule has 0 fully saturated rings. The third kappa shape index (κ3) is 3.36. The minimum Gasteiger partial charge on any atom is -0.496 e. The molecule has 20 heavy (non-hydrogen) atoms. The number of para-hydroxylation sites is 1. The molecule has 0 saturated carbocycles. The Morgan fingerprint density at radius 2 is 1.95 bits per heavy atom. The van der Waals surface area contributed by atoms with Crippen LogP contribution in [0.15, 0.2) is 42.5 Å². The molecular weight excluding hydrogens is 253 g/mol. The zero-order chi connectivity index (χ0) is 14.5. The zero-order valence-electron chi connectivity index (χ0n) is 12.1. The number of hydrogen-bond donors (Lipinski definition) is 1. The van der Waals surface area contributed by atoms with E-state index in [9.17, 15) is 4.39 Å². The van der Waals surface area contributed by atoms with Crippen LogP contribution in [0.3, 0.4) is 0 Å². The Kier molecular flexibility index (Phi) is 4.74. The van der Waals surface area contributed by atoms with Crippen molar-refractivity contribution in [2.24, 2.45) is 0 Å². The largest absolute Gasteiger partial charge is 0.496 e. The molecule has 0 spiro atoms. The molecule has 0 aromatic heterocycles. The van der Waals surface area contributed by atoms with Gasteiger partial charge in [0, 0.05) is 18.2 Å². The molecule has 2 aromatic carbocycles. The topological polar surface area (TPSA) is 21.3 Å². The smallest absolute Gasteiger partial charge is 0.126 e. The predicted octanol–water partition coefficient (Wildman–Crippen LogP) is 3.99. The fourth-order valence-electron chi connectivity index (χ4n) is 2.22. The van der Waals surface area contributed by atoms with Gasteiger partial charge in [0.15, 0.2) is 0 Å². The second-order valence-electron chi connectivity index (χ2n) is 4.93. The van der Waals surface area contributed by atoms with Crippen molar-refractivity contribution in [2.75, 3.05) is 7.11 Å². The lowest BCUT2D eigenvalue weighted by Crippen LogP contribution is -2.18. The summed E-state index contributed by atoms with van der Waals surface area (Å²) in [6.07, 6.45) is 0. The van der Waals surface area contributed by atoms with Crippen molar-refractivity contribution in [1.82, 2.24) is 5.32 Å². The van der Waals surface area contributed by atoms with E-state index in [4.69, 9.17) is 4.74 Å². The van der Waals surface area contributed by atoms with E-state index in [-0.39, 0.29) is 11.9 Å². The molecule has 2 rings (SSSR count). The van der Waals surface area contributed by atoms with Crippen LogP contribution in [0.1, 0.15) is 29.7 Å². The lowest BCUT2D eigenvalue weighted by molar-refractivity contribution is 0.401. The first-order valence-corrected chi connectivity index (χ1v) is 6.73. The lowest BCUT2D eigenvalue weighted by Gasteiger charge is -2.17. The fraction of sp³-hybridized carbons (Fsp3) is 0.294. The van der Waals surface area contributed by atoms with Crippen LogP contribution in [0.25, 0.3) is 0 Å². The summed E-state index contributed by atoms with van der Waals surface area (Å²) in [4.78, 5) is 0. The van der Waals surface area contributed by atoms with Gasteiger partial charge in [-0.1, -0.05) is 30.3 Å². The Bertz CT molecular complexity index is 583. The van der Waals surface area contributed by atoms with Crippen molar-refractivity contribution < 1.29 is 9.13 Å². The zero-order valence-corrected chi connectivity index (χ0v) is 12.1. The molecule has 2 aromatic rings. The van der Waals surface area contributed by atoms with E-state index in [2.05, 4.69) is 12.2 Å². The Labute approximate surface area is 119 Å². The van der Waals surface area contributed by atoms with E-state index in [0.717, 1.165) is 16.9 Å². The first-order chi connectivity index (χ1) is 9.61. The minimum atomic E-state index is -0.161. The van der Waals surface area contributed by atoms with E-state index in [1.54, 1.807) is 14.0 Å². The first-order valence-electron chi connectivity index (χ1n) is 6.73. The molecule has 3 heteroatoms. The van der Waals surface area contributed by atoms with Gasteiger partial charge >= 0.3 is 0 Å². The molecule has 0 aliphatic heterocycles. The normalized spacial score (nSPS) is 12.2. The van der Waals surface area contributed by atoms with Gasteiger partial charge < -0.3 is 10.1 Å². The molecule has 0 unspecified atom stereocenters. The van der Waals surface area contributed by atoms with Crippen LogP contribution in [-0.2, 0) is 6.54 Å². The first kappa shape index (κ1) is 14.5. The molecule has 0 aliphatic carbocycles. The Hall–Kier alpha value is -1.87. The molecule has 0 aliphatic rings. The monoisotopic (exact) mass is 273 g/mol. The minimum absolute atomic E-state index is 0.161. The summed E-state index contributed by atoms with van der Waals surface area (Å²) in [6, 6.07) is 13.3. The van der Waals surface area contributed by atoms with E-state index in [0.29, 0.717) is 12.1 Å². The van der Waals surface area contributed by atoms with Gasteiger partial charge in [-0.25, -0.2) is 4.39 Å². The van der Waals surface area contributed by atoms with Crippen molar-refractivity contribution in [2.45, 2.75) is 26.4 Å². The van der Waals surface area contributed by atoms with Gasteiger partial charge in [-0.05, 0) is 37.1 Å². The third-order valence-corrected chi connectivity index (χ3v) is 3.44. The van der Waals surface area contributed by atoms with Crippen molar-refractivity contribution in [3.63, 3.8) is 0 Å². The van der Waals surface area contributed by atoms with Gasteiger partial charge in [0.2, 0.25) is 0 Å². The molecule has 0 amide bonds. The average molecular weight is 273 g/mol. The maximum atomic E-state index is 13.2. The molecule has 0 bridgehead atoms. The lowest BCUT2D eigenvalue weighted by atomic mass is 10.1. The third-order valence-electron chi connectivity index (χ3n) is 3.44. The van der Waals surface area contributed by atoms with Crippen LogP contribution < -0.4 is 10.1 Å². The Balaban J connectivity index is 2.04. The second-order valence-corrected chi connectivity index (χ2v) is 4.93. The summed E-state index contributed by atoms with van der Waals surface area (Å²) in [5.74, 6) is 0.717. The van der Waals surface area contributed by atoms with Gasteiger partial charge in [0.05, 0.1) is 7.11 Å². The van der Waals surface area contributed by atoms with Crippen LogP contribution in [-0.4, -0.2) is 7.11 Å². The predicted molar refractivity (Wildman–Crippen MR) is 79.4 cm³/mol. The number of nitrogens with one attached hydrogen (secondary N) is 1. The highest BCUT2D eigenvalue weighted by Crippen LogP contribution is 2.24. The number of aryl methyl sites for hydroxylation is 1. The van der Waals surface area contributed by atoms with Crippen LogP contribution in [0.5, 0.6) is 5.75 Å². The van der Waals surface area contributed by atoms with Crippen LogP contribution in [0.4, 0.5) is 4.39 Å². The quantitative estimate of drug-likeness (QED) is 0.889. The van der Waals surface area contributed by atoms with Crippen molar-refractivity contribution in [3.05, 3.63) is 65.0 Å². The van der Waals surface area contributed by atoms with Gasteiger partial charge in [0.1, 0.15) is 11.6 Å². The Morgan fingerprint density at radius 1 is 1.20 bits per heavy atom. The van der Waals surface area contributed by atoms with Crippen LogP contribution in [0.2, 0.25) is 0 Å². The second kappa shape index (κ2) is 6.53. The highest BCUT2D eigenvalue weighted by Gasteiger charge is 2.10. The summed E-state index contributed by atoms with van der Waals surface area (Å²) in [5, 5.41) is 3.43. The highest BCUT2D eigenvalue weighted by molar-refractivity contribution is 5.35. The summed E-state index contributed by atoms with van der Waals surface area (Å²) in [6.45, 7) is 4.57. The molecular formula is C17H20FNO. The summed E-state index contributed by atoms with van der Waals surface area (Å²) < 4.78 is 18.6. The van der Waals surface area contributed by atoms with Crippen LogP contribution >= 0.6 is 0 Å². The fourth-order valence-corrected chi connectivity index (χ4v) is 2.22. The maximum Gasteiger partial charge on any atom is 0.126 e. The van der Waals surface area contributed by atoms with Gasteiger partial charge in [-0.2, -0.15) is 0 Å². The van der Waals surface area contributed by atoms with Crippen molar-refractivity contribution in [1.29, 1.82) is 0 Å². The SMILES string of the molecule is COc1ccccc1[C@@H](C)NCc1ccc(F)c(C)c1. The van der Waals surface area contributed by atoms with Gasteiger partial charge in [0.25, 0.3) is 0 Å². The molecule has 1 N–H and O–H groups in total. The van der Waals surface area contributed by atoms with Gasteiger partial charge in [-0.15, -0.1) is 0 Å². The number of benzene rings is 2. The summed E-state index contributed by atoms with van der Waals surface area (Å²) >= 11 is 0. The standard InChI is InChI=1S/C17H20FNO/c1-12-10-14(8-9-16(12)18)11-19-13(2)15-6-4-5-7-17(15)20-3/h4-10,13,19H,11H2,1-3H3/t13-/m1/s1. The van der Waals surface area contributed by atoms with Crippen LogP contribution in [0, 0.1) is 12.7 Å². The average Bonchev–Trinajstić information content (AvgIpc) is 2.48. The van der Waals surface area contributed by atoms with Crippen molar-refractivity contribution in [3.8, 4) is 5.75 Å². The molecule has 106 valence electrons. The van der Waals surface area contributed by atoms with Gasteiger partial charge in [-0.3, -0.25) is 0 Å². The molecule has 0 radical (unpaired) electrons. The summed E-state index contributed by atoms with van der Waals surface area (Å²) in [5.41, 5.74) is 2.87. The van der Waals surface area contributed by atoms with E-state index in [1.165, 1.54) is 6.07 Å². The highest BCUT2D eigenvalue weighted by atomic mass is 19.1. The maximum absolute atomic E-state index is 13.2. The molecule has 1 atom stereocenters. The van der Waals surface area contributed by atoms with E-state index >= 15 is 0 Å². The van der Waals surface area contributed by atoms with E-state index in [1.807, 2.05) is 36.4 Å². The molecule has 2 nitrogen and oxygen atoms in total. The molecule has 0 heterocycles. The number of rotatable bonds is 5. The number of hydrogen-bond acceptors (Lipinski definition) is 2.